The van der Waals surface area contributed by atoms with Crippen LogP contribution in [0.2, 0.25) is 0 Å². The molecular formula is C17H31IN6O. The number of nitrogens with zero attached hydrogens (tertiary/aromatic N) is 4. The number of rotatable bonds is 6. The zero-order valence-electron chi connectivity index (χ0n) is 15.7. The van der Waals surface area contributed by atoms with Crippen LogP contribution in [-0.2, 0) is 17.9 Å². The van der Waals surface area contributed by atoms with Crippen LogP contribution in [0.1, 0.15) is 39.4 Å². The minimum atomic E-state index is 0. The summed E-state index contributed by atoms with van der Waals surface area (Å²) in [5, 5.41) is 6.72. The molecule has 2 heterocycles. The molecule has 1 aromatic rings. The normalized spacial score (nSPS) is 18.3. The van der Waals surface area contributed by atoms with E-state index in [0.29, 0.717) is 25.4 Å². The molecule has 0 radical (unpaired) electrons. The number of carbonyl (C=O) groups excluding carboxylic acids is 1. The third-order valence-corrected chi connectivity index (χ3v) is 4.05. The maximum Gasteiger partial charge on any atom is 0.222 e. The van der Waals surface area contributed by atoms with E-state index in [2.05, 4.69) is 39.0 Å². The Bertz CT molecular complexity index is 571. The van der Waals surface area contributed by atoms with E-state index in [1.165, 1.54) is 0 Å². The zero-order chi connectivity index (χ0) is 17.5. The van der Waals surface area contributed by atoms with Gasteiger partial charge in [-0.1, -0.05) is 13.8 Å². The molecule has 0 bridgehead atoms. The van der Waals surface area contributed by atoms with Crippen LogP contribution >= 0.6 is 24.0 Å². The van der Waals surface area contributed by atoms with Gasteiger partial charge in [-0.25, -0.2) is 9.98 Å². The molecule has 8 heteroatoms. The quantitative estimate of drug-likeness (QED) is 0.385. The predicted octanol–water partition coefficient (Wildman–Crippen LogP) is 1.83. The van der Waals surface area contributed by atoms with Gasteiger partial charge >= 0.3 is 0 Å². The number of carbonyl (C=O) groups is 1. The van der Waals surface area contributed by atoms with E-state index < -0.39 is 0 Å². The number of amides is 1. The summed E-state index contributed by atoms with van der Waals surface area (Å²) in [5.74, 6) is 2.54. The second-order valence-electron chi connectivity index (χ2n) is 6.74. The molecule has 1 aromatic heterocycles. The van der Waals surface area contributed by atoms with E-state index >= 15 is 0 Å². The fourth-order valence-electron chi connectivity index (χ4n) is 2.84. The van der Waals surface area contributed by atoms with Crippen molar-refractivity contribution in [2.45, 2.75) is 52.7 Å². The van der Waals surface area contributed by atoms with Crippen LogP contribution in [0.25, 0.3) is 0 Å². The largest absolute Gasteiger partial charge is 0.357 e. The summed E-state index contributed by atoms with van der Waals surface area (Å²) in [5.41, 5.74) is 0. The molecule has 0 aliphatic carbocycles. The van der Waals surface area contributed by atoms with Crippen molar-refractivity contribution in [2.75, 3.05) is 20.1 Å². The van der Waals surface area contributed by atoms with Crippen molar-refractivity contribution in [3.63, 3.8) is 0 Å². The van der Waals surface area contributed by atoms with Gasteiger partial charge in [0.2, 0.25) is 5.91 Å². The van der Waals surface area contributed by atoms with Gasteiger partial charge < -0.3 is 20.1 Å². The topological polar surface area (TPSA) is 74.5 Å². The van der Waals surface area contributed by atoms with Crippen molar-refractivity contribution in [1.82, 2.24) is 25.1 Å². The number of halogens is 1. The Kier molecular flexibility index (Phi) is 9.23. The fourth-order valence-corrected chi connectivity index (χ4v) is 2.84. The van der Waals surface area contributed by atoms with Crippen LogP contribution in [0, 0.1) is 5.92 Å². The number of likely N-dealkylation sites (N-methyl/N-ethyl adjacent to an activating group) is 1. The van der Waals surface area contributed by atoms with Crippen LogP contribution < -0.4 is 10.6 Å². The highest BCUT2D eigenvalue weighted by Crippen LogP contribution is 2.10. The van der Waals surface area contributed by atoms with E-state index in [1.54, 1.807) is 4.90 Å². The molecule has 2 N–H and O–H groups in total. The van der Waals surface area contributed by atoms with Crippen molar-refractivity contribution in [3.05, 3.63) is 18.2 Å². The maximum absolute atomic E-state index is 11.6. The summed E-state index contributed by atoms with van der Waals surface area (Å²) in [6, 6.07) is 0.237. The van der Waals surface area contributed by atoms with Gasteiger partial charge in [0, 0.05) is 51.5 Å². The molecule has 2 rings (SSSR count). The minimum Gasteiger partial charge on any atom is -0.357 e. The summed E-state index contributed by atoms with van der Waals surface area (Å²) in [6.45, 7) is 9.44. The number of nitrogens with one attached hydrogen (secondary N) is 2. The molecule has 0 saturated carbocycles. The lowest BCUT2D eigenvalue weighted by atomic mass is 10.1. The first-order valence-corrected chi connectivity index (χ1v) is 8.78. The van der Waals surface area contributed by atoms with Gasteiger partial charge in [-0.3, -0.25) is 4.79 Å². The van der Waals surface area contributed by atoms with Crippen molar-refractivity contribution in [3.8, 4) is 0 Å². The molecule has 1 aliphatic rings. The Morgan fingerprint density at radius 1 is 1.48 bits per heavy atom. The highest BCUT2D eigenvalue weighted by molar-refractivity contribution is 14.0. The maximum atomic E-state index is 11.6. The molecule has 7 nitrogen and oxygen atoms in total. The van der Waals surface area contributed by atoms with Crippen LogP contribution in [0.4, 0.5) is 0 Å². The van der Waals surface area contributed by atoms with Crippen molar-refractivity contribution in [1.29, 1.82) is 0 Å². The molecule has 1 amide bonds. The second-order valence-corrected chi connectivity index (χ2v) is 6.74. The lowest BCUT2D eigenvalue weighted by Crippen LogP contribution is -2.51. The average molecular weight is 462 g/mol. The first-order chi connectivity index (χ1) is 11.5. The van der Waals surface area contributed by atoms with Crippen LogP contribution in [0.3, 0.4) is 0 Å². The molecule has 1 atom stereocenters. The predicted molar refractivity (Wildman–Crippen MR) is 111 cm³/mol. The molecule has 0 aromatic carbocycles. The number of hydrogen-bond acceptors (Lipinski definition) is 3. The minimum absolute atomic E-state index is 0. The van der Waals surface area contributed by atoms with Gasteiger partial charge in [0.25, 0.3) is 0 Å². The van der Waals surface area contributed by atoms with Crippen LogP contribution in [0.15, 0.2) is 17.4 Å². The van der Waals surface area contributed by atoms with Gasteiger partial charge in [0.1, 0.15) is 12.4 Å². The Hall–Kier alpha value is -1.32. The second kappa shape index (κ2) is 10.6. The molecule has 142 valence electrons. The van der Waals surface area contributed by atoms with Gasteiger partial charge in [0.15, 0.2) is 5.96 Å². The summed E-state index contributed by atoms with van der Waals surface area (Å²) in [7, 11) is 1.85. The number of aromatic nitrogens is 2. The molecule has 0 spiro atoms. The summed E-state index contributed by atoms with van der Waals surface area (Å²) in [6.07, 6.45) is 5.27. The van der Waals surface area contributed by atoms with E-state index in [-0.39, 0.29) is 35.9 Å². The zero-order valence-corrected chi connectivity index (χ0v) is 18.0. The number of imidazole rings is 1. The van der Waals surface area contributed by atoms with Gasteiger partial charge in [-0.15, -0.1) is 24.0 Å². The van der Waals surface area contributed by atoms with Crippen molar-refractivity contribution in [2.24, 2.45) is 10.9 Å². The van der Waals surface area contributed by atoms with Crippen molar-refractivity contribution >= 4 is 35.8 Å². The third kappa shape index (κ3) is 6.83. The molecule has 25 heavy (non-hydrogen) atoms. The van der Waals surface area contributed by atoms with Crippen LogP contribution in [-0.4, -0.2) is 52.5 Å². The SMILES string of the molecule is CCNC(=NCc1nccn1CC(C)C)NC1CCC(=O)N(C)C1.I. The fraction of sp³-hybridized carbons (Fsp3) is 0.706. The van der Waals surface area contributed by atoms with Gasteiger partial charge in [-0.2, -0.15) is 0 Å². The molecule has 1 unspecified atom stereocenters. The Morgan fingerprint density at radius 3 is 2.88 bits per heavy atom. The lowest BCUT2D eigenvalue weighted by Gasteiger charge is -2.31. The smallest absolute Gasteiger partial charge is 0.222 e. The van der Waals surface area contributed by atoms with E-state index in [0.717, 1.165) is 31.3 Å². The highest BCUT2D eigenvalue weighted by Gasteiger charge is 2.23. The monoisotopic (exact) mass is 462 g/mol. The Balaban J connectivity index is 0.00000312. The Labute approximate surface area is 167 Å². The number of aliphatic imine (C=N–C) groups is 1. The number of likely N-dealkylation sites (tertiary alicyclic amines) is 1. The Morgan fingerprint density at radius 2 is 2.24 bits per heavy atom. The number of hydrogen-bond donors (Lipinski definition) is 2. The lowest BCUT2D eigenvalue weighted by molar-refractivity contribution is -0.132. The van der Waals surface area contributed by atoms with Gasteiger partial charge in [0.05, 0.1) is 0 Å². The highest BCUT2D eigenvalue weighted by atomic mass is 127. The summed E-state index contributed by atoms with van der Waals surface area (Å²) in [4.78, 5) is 22.5. The first kappa shape index (κ1) is 21.7. The number of piperidine rings is 1. The van der Waals surface area contributed by atoms with E-state index in [4.69, 9.17) is 0 Å². The molecule has 1 saturated heterocycles. The van der Waals surface area contributed by atoms with E-state index in [1.807, 2.05) is 26.4 Å². The summed E-state index contributed by atoms with van der Waals surface area (Å²) < 4.78 is 2.16. The third-order valence-electron chi connectivity index (χ3n) is 4.05. The average Bonchev–Trinajstić information content (AvgIpc) is 2.95. The molecule has 1 fully saturated rings. The summed E-state index contributed by atoms with van der Waals surface area (Å²) >= 11 is 0. The van der Waals surface area contributed by atoms with Crippen LogP contribution in [0.5, 0.6) is 0 Å². The first-order valence-electron chi connectivity index (χ1n) is 8.78. The van der Waals surface area contributed by atoms with Crippen molar-refractivity contribution < 1.29 is 4.79 Å². The molecular weight excluding hydrogens is 431 g/mol. The number of guanidine groups is 1. The van der Waals surface area contributed by atoms with Gasteiger partial charge in [-0.05, 0) is 19.3 Å². The molecule has 1 aliphatic heterocycles. The van der Waals surface area contributed by atoms with E-state index in [9.17, 15) is 4.79 Å². The standard InChI is InChI=1S/C17H30N6O.HI/c1-5-18-17(21-14-6-7-16(24)22(4)12-14)20-10-15-19-8-9-23(15)11-13(2)3;/h8-9,13-14H,5-7,10-12H2,1-4H3,(H2,18,20,21);1H.